The van der Waals surface area contributed by atoms with Gasteiger partial charge in [-0.15, -0.1) is 0 Å². The summed E-state index contributed by atoms with van der Waals surface area (Å²) in [6, 6.07) is 12.5. The summed E-state index contributed by atoms with van der Waals surface area (Å²) in [4.78, 5) is 36.8. The first-order valence-corrected chi connectivity index (χ1v) is 9.44. The van der Waals surface area contributed by atoms with Gasteiger partial charge in [0.1, 0.15) is 11.7 Å². The maximum Gasteiger partial charge on any atom is 0.326 e. The van der Waals surface area contributed by atoms with Gasteiger partial charge in [0.25, 0.3) is 11.8 Å². The Labute approximate surface area is 174 Å². The van der Waals surface area contributed by atoms with Gasteiger partial charge in [-0.1, -0.05) is 55.3 Å². The molecule has 0 fully saturated rings. The molecular weight excluding hydrogens is 392 g/mol. The number of carboxylic acid groups (broad SMARTS) is 1. The first kappa shape index (κ1) is 22.2. The number of rotatable bonds is 7. The maximum atomic E-state index is 12.8. The minimum Gasteiger partial charge on any atom is -0.480 e. The third kappa shape index (κ3) is 6.47. The van der Waals surface area contributed by atoms with Gasteiger partial charge in [0.15, 0.2) is 0 Å². The van der Waals surface area contributed by atoms with Gasteiger partial charge < -0.3 is 15.7 Å². The van der Waals surface area contributed by atoms with Crippen molar-refractivity contribution in [3.05, 3.63) is 75.9 Å². The lowest BCUT2D eigenvalue weighted by molar-refractivity contribution is -0.142. The van der Waals surface area contributed by atoms with E-state index in [-0.39, 0.29) is 11.6 Å². The van der Waals surface area contributed by atoms with E-state index in [1.165, 1.54) is 6.08 Å². The molecule has 0 aliphatic carbocycles. The van der Waals surface area contributed by atoms with E-state index in [0.29, 0.717) is 16.1 Å². The summed E-state index contributed by atoms with van der Waals surface area (Å²) >= 11 is 5.89. The second-order valence-corrected chi connectivity index (χ2v) is 7.40. The number of halogens is 1. The Hall–Kier alpha value is -3.12. The Morgan fingerprint density at radius 1 is 1.00 bits per heavy atom. The van der Waals surface area contributed by atoms with Crippen LogP contribution in [0.2, 0.25) is 5.02 Å². The van der Waals surface area contributed by atoms with Gasteiger partial charge in [-0.05, 0) is 48.7 Å². The standard InChI is InChI=1S/C22H23ClN2O4/c1-13(2)19(22(28)29)25-21(27)18(12-15-6-10-17(23)11-7-15)24-20(26)16-8-4-14(3)5-9-16/h4-13,19H,1-3H3,(H,24,26)(H,25,27)(H,28,29). The van der Waals surface area contributed by atoms with Gasteiger partial charge in [-0.25, -0.2) is 4.79 Å². The van der Waals surface area contributed by atoms with Crippen molar-refractivity contribution in [2.75, 3.05) is 0 Å². The number of amides is 2. The van der Waals surface area contributed by atoms with E-state index in [1.807, 2.05) is 6.92 Å². The van der Waals surface area contributed by atoms with Crippen LogP contribution in [0.4, 0.5) is 0 Å². The van der Waals surface area contributed by atoms with Crippen LogP contribution in [0.5, 0.6) is 0 Å². The highest BCUT2D eigenvalue weighted by Gasteiger charge is 2.25. The van der Waals surface area contributed by atoms with Crippen LogP contribution in [0.3, 0.4) is 0 Å². The zero-order valence-corrected chi connectivity index (χ0v) is 17.2. The molecule has 2 amide bonds. The monoisotopic (exact) mass is 414 g/mol. The summed E-state index contributed by atoms with van der Waals surface area (Å²) in [5.74, 6) is -2.65. The molecule has 0 spiro atoms. The lowest BCUT2D eigenvalue weighted by Crippen LogP contribution is -2.47. The summed E-state index contributed by atoms with van der Waals surface area (Å²) < 4.78 is 0. The van der Waals surface area contributed by atoms with Crippen LogP contribution < -0.4 is 10.6 Å². The summed E-state index contributed by atoms with van der Waals surface area (Å²) in [7, 11) is 0. The Balaban J connectivity index is 2.33. The molecule has 7 heteroatoms. The van der Waals surface area contributed by atoms with Gasteiger partial charge in [-0.3, -0.25) is 9.59 Å². The number of carbonyl (C=O) groups is 3. The van der Waals surface area contributed by atoms with Crippen LogP contribution in [0, 0.1) is 12.8 Å². The summed E-state index contributed by atoms with van der Waals surface area (Å²) in [5.41, 5.74) is 1.94. The van der Waals surface area contributed by atoms with Crippen molar-refractivity contribution < 1.29 is 19.5 Å². The molecule has 2 aromatic carbocycles. The molecule has 152 valence electrons. The third-order valence-electron chi connectivity index (χ3n) is 4.21. The van der Waals surface area contributed by atoms with Crippen molar-refractivity contribution in [2.24, 2.45) is 5.92 Å². The molecule has 3 N–H and O–H groups in total. The highest BCUT2D eigenvalue weighted by atomic mass is 35.5. The lowest BCUT2D eigenvalue weighted by Gasteiger charge is -2.19. The van der Waals surface area contributed by atoms with E-state index in [4.69, 9.17) is 11.6 Å². The summed E-state index contributed by atoms with van der Waals surface area (Å²) in [5, 5.41) is 14.9. The highest BCUT2D eigenvalue weighted by molar-refractivity contribution is 6.30. The first-order valence-electron chi connectivity index (χ1n) is 9.06. The number of nitrogens with one attached hydrogen (secondary N) is 2. The van der Waals surface area contributed by atoms with E-state index in [2.05, 4.69) is 10.6 Å². The molecule has 1 unspecified atom stereocenters. The largest absolute Gasteiger partial charge is 0.480 e. The van der Waals surface area contributed by atoms with Crippen LogP contribution in [0.1, 0.15) is 35.3 Å². The van der Waals surface area contributed by atoms with Crippen LogP contribution in [-0.4, -0.2) is 28.9 Å². The van der Waals surface area contributed by atoms with Crippen molar-refractivity contribution >= 4 is 35.5 Å². The maximum absolute atomic E-state index is 12.8. The van der Waals surface area contributed by atoms with Gasteiger partial charge >= 0.3 is 5.97 Å². The van der Waals surface area contributed by atoms with E-state index in [0.717, 1.165) is 5.56 Å². The van der Waals surface area contributed by atoms with Gasteiger partial charge in [0.2, 0.25) is 0 Å². The SMILES string of the molecule is Cc1ccc(C(=O)NC(=Cc2ccc(Cl)cc2)C(=O)NC(C(=O)O)C(C)C)cc1. The summed E-state index contributed by atoms with van der Waals surface area (Å²) in [6.07, 6.45) is 1.47. The molecule has 0 aliphatic rings. The topological polar surface area (TPSA) is 95.5 Å². The molecule has 2 rings (SSSR count). The smallest absolute Gasteiger partial charge is 0.326 e. The second-order valence-electron chi connectivity index (χ2n) is 6.96. The number of hydrogen-bond donors (Lipinski definition) is 3. The number of aliphatic carboxylic acids is 1. The first-order chi connectivity index (χ1) is 13.7. The van der Waals surface area contributed by atoms with Crippen LogP contribution >= 0.6 is 11.6 Å². The van der Waals surface area contributed by atoms with Gasteiger partial charge in [0.05, 0.1) is 0 Å². The van der Waals surface area contributed by atoms with Gasteiger partial charge in [-0.2, -0.15) is 0 Å². The van der Waals surface area contributed by atoms with Crippen molar-refractivity contribution in [1.29, 1.82) is 0 Å². The number of benzene rings is 2. The van der Waals surface area contributed by atoms with Crippen LogP contribution in [0.15, 0.2) is 54.2 Å². The predicted molar refractivity (Wildman–Crippen MR) is 112 cm³/mol. The predicted octanol–water partition coefficient (Wildman–Crippen LogP) is 3.64. The number of carboxylic acids is 1. The zero-order valence-electron chi connectivity index (χ0n) is 16.4. The molecule has 0 heterocycles. The lowest BCUT2D eigenvalue weighted by atomic mass is 10.0. The quantitative estimate of drug-likeness (QED) is 0.602. The Bertz CT molecular complexity index is 919. The number of hydrogen-bond acceptors (Lipinski definition) is 3. The fourth-order valence-electron chi connectivity index (χ4n) is 2.52. The number of carbonyl (C=O) groups excluding carboxylic acids is 2. The molecule has 2 aromatic rings. The highest BCUT2D eigenvalue weighted by Crippen LogP contribution is 2.13. The minimum absolute atomic E-state index is 0.0650. The van der Waals surface area contributed by atoms with Gasteiger partial charge in [0, 0.05) is 10.6 Å². The molecule has 0 radical (unpaired) electrons. The molecule has 0 saturated carbocycles. The van der Waals surface area contributed by atoms with E-state index in [9.17, 15) is 19.5 Å². The molecular formula is C22H23ClN2O4. The van der Waals surface area contributed by atoms with Crippen LogP contribution in [-0.2, 0) is 9.59 Å². The fourth-order valence-corrected chi connectivity index (χ4v) is 2.64. The average molecular weight is 415 g/mol. The van der Waals surface area contributed by atoms with Crippen molar-refractivity contribution in [2.45, 2.75) is 26.8 Å². The summed E-state index contributed by atoms with van der Waals surface area (Å²) in [6.45, 7) is 5.28. The fraction of sp³-hybridized carbons (Fsp3) is 0.227. The van der Waals surface area contributed by atoms with E-state index >= 15 is 0 Å². The molecule has 0 aliphatic heterocycles. The molecule has 0 bridgehead atoms. The average Bonchev–Trinajstić information content (AvgIpc) is 2.67. The Morgan fingerprint density at radius 3 is 2.10 bits per heavy atom. The molecule has 0 aromatic heterocycles. The number of aryl methyl sites for hydroxylation is 1. The Morgan fingerprint density at radius 2 is 1.59 bits per heavy atom. The van der Waals surface area contributed by atoms with Crippen LogP contribution in [0.25, 0.3) is 6.08 Å². The zero-order chi connectivity index (χ0) is 21.6. The molecule has 6 nitrogen and oxygen atoms in total. The van der Waals surface area contributed by atoms with E-state index < -0.39 is 23.8 Å². The second kappa shape index (κ2) is 9.89. The minimum atomic E-state index is -1.15. The third-order valence-corrected chi connectivity index (χ3v) is 4.46. The van der Waals surface area contributed by atoms with Crippen molar-refractivity contribution in [1.82, 2.24) is 10.6 Å². The normalized spacial score (nSPS) is 12.4. The molecule has 1 atom stereocenters. The van der Waals surface area contributed by atoms with Crippen molar-refractivity contribution in [3.63, 3.8) is 0 Å². The molecule has 0 saturated heterocycles. The molecule has 29 heavy (non-hydrogen) atoms. The Kier molecular flexibility index (Phi) is 7.56. The van der Waals surface area contributed by atoms with Crippen molar-refractivity contribution in [3.8, 4) is 0 Å². The van der Waals surface area contributed by atoms with E-state index in [1.54, 1.807) is 62.4 Å².